The zero-order valence-corrected chi connectivity index (χ0v) is 31.8. The Balaban J connectivity index is 1.10. The molecule has 0 saturated carbocycles. The summed E-state index contributed by atoms with van der Waals surface area (Å²) >= 11 is 0. The summed E-state index contributed by atoms with van der Waals surface area (Å²) in [4.78, 5) is 5.39. The molecule has 1 saturated heterocycles. The molecule has 4 aliphatic carbocycles. The SMILES string of the molecule is N#Cc1cc(C2NC(c3ccc(C4=CCCC=C4)cc3)N2C2C=CCCC2)c(N2C3=C(C=CCC3)C3CCC=CC32)cc1-n1c2ccccc2c2ccccc21. The van der Waals surface area contributed by atoms with Crippen molar-refractivity contribution in [2.45, 2.75) is 82.2 Å². The number of fused-ring (bicyclic) bond motifs is 5. The molecule has 3 heterocycles. The number of rotatable bonds is 6. The molecule has 2 aliphatic heterocycles. The van der Waals surface area contributed by atoms with Crippen molar-refractivity contribution in [3.63, 3.8) is 0 Å². The Bertz CT molecular complexity index is 2550. The fourth-order valence-electron chi connectivity index (χ4n) is 10.7. The maximum absolute atomic E-state index is 11.1. The van der Waals surface area contributed by atoms with Crippen LogP contribution in [0.5, 0.6) is 0 Å². The van der Waals surface area contributed by atoms with Gasteiger partial charge in [0.2, 0.25) is 0 Å². The quantitative estimate of drug-likeness (QED) is 0.177. The Morgan fingerprint density at radius 3 is 2.23 bits per heavy atom. The van der Waals surface area contributed by atoms with Gasteiger partial charge >= 0.3 is 0 Å². The number of benzene rings is 4. The number of hydrogen-bond donors (Lipinski definition) is 1. The molecule has 5 unspecified atom stereocenters. The van der Waals surface area contributed by atoms with E-state index in [2.05, 4.69) is 165 Å². The van der Waals surface area contributed by atoms with Gasteiger partial charge in [0, 0.05) is 39.7 Å². The second-order valence-electron chi connectivity index (χ2n) is 16.3. The standard InChI is InChI=1S/C51H47N5/c52-33-37-31-43(51-53-50(54(51)38-17-5-2-6-18-38)36-29-27-35(28-30-36)34-15-3-1-4-16-34)49(56-46-25-13-9-21-41(46)42-22-10-14-26-47(42)56)32-48(37)55-44-23-11-7-19-39(44)40-20-8-12-24-45(40)55/h3,5,7-9,11-12,14-17,19-21,23-24,26-32,38,42,47,50-51,53H,1-2,4,6,10,13,18,22,25H2. The first-order chi connectivity index (χ1) is 27.8. The van der Waals surface area contributed by atoms with Crippen molar-refractivity contribution in [1.29, 1.82) is 5.26 Å². The molecule has 0 spiro atoms. The summed E-state index contributed by atoms with van der Waals surface area (Å²) in [5.74, 6) is 0.471. The zero-order chi connectivity index (χ0) is 37.2. The highest BCUT2D eigenvalue weighted by Crippen LogP contribution is 2.52. The lowest BCUT2D eigenvalue weighted by molar-refractivity contribution is -0.0578. The minimum absolute atomic E-state index is 0.0551. The maximum atomic E-state index is 11.1. The number of nitriles is 1. The van der Waals surface area contributed by atoms with E-state index in [-0.39, 0.29) is 18.4 Å². The first-order valence-corrected chi connectivity index (χ1v) is 20.9. The molecule has 5 aromatic rings. The first-order valence-electron chi connectivity index (χ1n) is 20.9. The monoisotopic (exact) mass is 729 g/mol. The smallest absolute Gasteiger partial charge is 0.101 e. The van der Waals surface area contributed by atoms with Gasteiger partial charge in [-0.3, -0.25) is 10.2 Å². The summed E-state index contributed by atoms with van der Waals surface area (Å²) in [6, 6.07) is 34.4. The third kappa shape index (κ3) is 5.34. The van der Waals surface area contributed by atoms with Crippen LogP contribution in [-0.4, -0.2) is 21.6 Å². The summed E-state index contributed by atoms with van der Waals surface area (Å²) in [7, 11) is 0. The van der Waals surface area contributed by atoms with Crippen molar-refractivity contribution in [2.24, 2.45) is 5.92 Å². The van der Waals surface area contributed by atoms with Crippen molar-refractivity contribution >= 4 is 33.1 Å². The van der Waals surface area contributed by atoms with Gasteiger partial charge in [-0.2, -0.15) is 5.26 Å². The van der Waals surface area contributed by atoms with Crippen LogP contribution >= 0.6 is 0 Å². The second kappa shape index (κ2) is 13.8. The summed E-state index contributed by atoms with van der Waals surface area (Å²) in [5.41, 5.74) is 13.1. The highest BCUT2D eigenvalue weighted by atomic mass is 15.5. The molecule has 1 fully saturated rings. The van der Waals surface area contributed by atoms with E-state index in [4.69, 9.17) is 0 Å². The van der Waals surface area contributed by atoms with Crippen LogP contribution < -0.4 is 10.2 Å². The average Bonchev–Trinajstić information content (AvgIpc) is 3.77. The van der Waals surface area contributed by atoms with E-state index in [1.807, 2.05) is 0 Å². The summed E-state index contributed by atoms with van der Waals surface area (Å²) in [6.07, 6.45) is 31.4. The maximum Gasteiger partial charge on any atom is 0.101 e. The molecule has 11 rings (SSSR count). The second-order valence-corrected chi connectivity index (χ2v) is 16.3. The van der Waals surface area contributed by atoms with Gasteiger partial charge in [-0.1, -0.05) is 115 Å². The summed E-state index contributed by atoms with van der Waals surface area (Å²) in [5, 5.41) is 17.6. The summed E-state index contributed by atoms with van der Waals surface area (Å²) in [6.45, 7) is 0. The molecule has 5 heteroatoms. The van der Waals surface area contributed by atoms with E-state index in [1.165, 1.54) is 56.4 Å². The van der Waals surface area contributed by atoms with E-state index >= 15 is 0 Å². The van der Waals surface area contributed by atoms with Crippen LogP contribution in [0.1, 0.15) is 92.4 Å². The van der Waals surface area contributed by atoms with Crippen LogP contribution in [0.15, 0.2) is 151 Å². The van der Waals surface area contributed by atoms with E-state index in [9.17, 15) is 5.26 Å². The molecule has 276 valence electrons. The molecule has 5 atom stereocenters. The lowest BCUT2D eigenvalue weighted by Crippen LogP contribution is -2.61. The van der Waals surface area contributed by atoms with Gasteiger partial charge in [-0.05, 0) is 104 Å². The van der Waals surface area contributed by atoms with Crippen molar-refractivity contribution in [1.82, 2.24) is 14.8 Å². The van der Waals surface area contributed by atoms with Gasteiger partial charge in [-0.15, -0.1) is 0 Å². The molecular weight excluding hydrogens is 683 g/mol. The average molecular weight is 730 g/mol. The highest BCUT2D eigenvalue weighted by molar-refractivity contribution is 6.09. The molecule has 0 bridgehead atoms. The number of hydrogen-bond acceptors (Lipinski definition) is 4. The fraction of sp³-hybridized carbons (Fsp3) is 0.275. The van der Waals surface area contributed by atoms with Gasteiger partial charge in [0.05, 0.1) is 40.7 Å². The number of nitrogens with one attached hydrogen (secondary N) is 1. The number of allylic oxidation sites excluding steroid dienone is 9. The Morgan fingerprint density at radius 2 is 1.48 bits per heavy atom. The minimum Gasteiger partial charge on any atom is -0.337 e. The van der Waals surface area contributed by atoms with Crippen molar-refractivity contribution in [3.05, 3.63) is 173 Å². The van der Waals surface area contributed by atoms with Crippen LogP contribution in [0, 0.1) is 17.2 Å². The van der Waals surface area contributed by atoms with Crippen molar-refractivity contribution < 1.29 is 0 Å². The molecule has 56 heavy (non-hydrogen) atoms. The number of aromatic nitrogens is 1. The molecule has 0 radical (unpaired) electrons. The van der Waals surface area contributed by atoms with E-state index in [1.54, 1.807) is 0 Å². The van der Waals surface area contributed by atoms with Gasteiger partial charge in [0.25, 0.3) is 0 Å². The largest absolute Gasteiger partial charge is 0.337 e. The lowest BCUT2D eigenvalue weighted by atomic mass is 9.84. The van der Waals surface area contributed by atoms with Crippen LogP contribution in [0.25, 0.3) is 33.1 Å². The Hall–Kier alpha value is -5.67. The molecule has 5 nitrogen and oxygen atoms in total. The third-order valence-corrected chi connectivity index (χ3v) is 13.3. The number of anilines is 1. The van der Waals surface area contributed by atoms with Crippen LogP contribution in [-0.2, 0) is 0 Å². The third-order valence-electron chi connectivity index (χ3n) is 13.3. The van der Waals surface area contributed by atoms with Gasteiger partial charge < -0.3 is 9.47 Å². The van der Waals surface area contributed by atoms with E-state index in [0.717, 1.165) is 68.1 Å². The lowest BCUT2D eigenvalue weighted by Gasteiger charge is -2.54. The summed E-state index contributed by atoms with van der Waals surface area (Å²) < 4.78 is 2.34. The molecular formula is C51H47N5. The predicted molar refractivity (Wildman–Crippen MR) is 229 cm³/mol. The fourth-order valence-corrected chi connectivity index (χ4v) is 10.7. The van der Waals surface area contributed by atoms with Gasteiger partial charge in [0.15, 0.2) is 0 Å². The van der Waals surface area contributed by atoms with Gasteiger partial charge in [0.1, 0.15) is 6.07 Å². The van der Waals surface area contributed by atoms with Gasteiger partial charge in [-0.25, -0.2) is 0 Å². The highest BCUT2D eigenvalue weighted by Gasteiger charge is 2.47. The normalized spacial score (nSPS) is 25.7. The van der Waals surface area contributed by atoms with Crippen molar-refractivity contribution in [3.8, 4) is 11.8 Å². The number of para-hydroxylation sites is 2. The molecule has 1 N–H and O–H groups in total. The number of nitrogens with zero attached hydrogens (tertiary/aromatic N) is 4. The minimum atomic E-state index is -0.0551. The molecule has 4 aromatic carbocycles. The molecule has 1 aromatic heterocycles. The van der Waals surface area contributed by atoms with E-state index < -0.39 is 0 Å². The zero-order valence-electron chi connectivity index (χ0n) is 31.8. The molecule has 6 aliphatic rings. The van der Waals surface area contributed by atoms with Crippen molar-refractivity contribution in [2.75, 3.05) is 4.90 Å². The Labute approximate surface area is 329 Å². The van der Waals surface area contributed by atoms with Crippen LogP contribution in [0.4, 0.5) is 5.69 Å². The van der Waals surface area contributed by atoms with Crippen LogP contribution in [0.3, 0.4) is 0 Å². The topological polar surface area (TPSA) is 47.2 Å². The Kier molecular flexibility index (Phi) is 8.30. The van der Waals surface area contributed by atoms with E-state index in [0.29, 0.717) is 17.5 Å². The Morgan fingerprint density at radius 1 is 0.696 bits per heavy atom. The van der Waals surface area contributed by atoms with Crippen LogP contribution in [0.2, 0.25) is 0 Å². The predicted octanol–water partition coefficient (Wildman–Crippen LogP) is 11.9. The molecule has 0 amide bonds. The first kappa shape index (κ1) is 33.6.